The van der Waals surface area contributed by atoms with Gasteiger partial charge in [-0.15, -0.1) is 0 Å². The molecule has 1 aliphatic rings. The molecule has 0 unspecified atom stereocenters. The molecule has 1 saturated heterocycles. The van der Waals surface area contributed by atoms with E-state index in [9.17, 15) is 9.18 Å². The number of amides is 2. The summed E-state index contributed by atoms with van der Waals surface area (Å²) in [6.07, 6.45) is 1.57. The van der Waals surface area contributed by atoms with E-state index in [1.54, 1.807) is 17.2 Å². The van der Waals surface area contributed by atoms with Crippen molar-refractivity contribution >= 4 is 27.6 Å². The van der Waals surface area contributed by atoms with Gasteiger partial charge in [0.1, 0.15) is 11.9 Å². The number of hydrogen-bond acceptors (Lipinski definition) is 3. The number of benzene rings is 1. The molecular formula is C15H13BrFN3O2. The van der Waals surface area contributed by atoms with Crippen LogP contribution >= 0.6 is 15.9 Å². The number of likely N-dealkylation sites (tertiary alicyclic amines) is 1. The summed E-state index contributed by atoms with van der Waals surface area (Å²) in [5, 5.41) is 2.71. The number of hydrogen-bond donors (Lipinski definition) is 1. The first-order valence-corrected chi connectivity index (χ1v) is 7.50. The number of urea groups is 1. The number of aromatic nitrogens is 1. The summed E-state index contributed by atoms with van der Waals surface area (Å²) in [7, 11) is 0. The molecule has 0 aliphatic carbocycles. The first-order chi connectivity index (χ1) is 10.6. The van der Waals surface area contributed by atoms with Crippen LogP contribution in [0.15, 0.2) is 47.1 Å². The van der Waals surface area contributed by atoms with Crippen molar-refractivity contribution in [3.8, 4) is 5.88 Å². The van der Waals surface area contributed by atoms with E-state index in [0.29, 0.717) is 24.7 Å². The molecular weight excluding hydrogens is 353 g/mol. The Hall–Kier alpha value is -2.15. The van der Waals surface area contributed by atoms with Gasteiger partial charge in [0.2, 0.25) is 5.88 Å². The van der Waals surface area contributed by atoms with E-state index in [4.69, 9.17) is 4.74 Å². The standard InChI is InChI=1S/C15H13BrFN3O2/c16-13-2-1-7-18-14(13)22-12-8-20(9-12)15(21)19-11-5-3-10(17)4-6-11/h1-7,12H,8-9H2,(H,19,21). The van der Waals surface area contributed by atoms with Crippen LogP contribution in [-0.2, 0) is 0 Å². The molecule has 1 fully saturated rings. The number of nitrogens with one attached hydrogen (secondary N) is 1. The van der Waals surface area contributed by atoms with Gasteiger partial charge in [-0.3, -0.25) is 0 Å². The topological polar surface area (TPSA) is 54.5 Å². The summed E-state index contributed by atoms with van der Waals surface area (Å²) < 4.78 is 19.3. The van der Waals surface area contributed by atoms with Crippen molar-refractivity contribution in [1.29, 1.82) is 0 Å². The van der Waals surface area contributed by atoms with Crippen molar-refractivity contribution in [2.24, 2.45) is 0 Å². The Morgan fingerprint density at radius 2 is 2.05 bits per heavy atom. The molecule has 1 aromatic heterocycles. The maximum Gasteiger partial charge on any atom is 0.322 e. The van der Waals surface area contributed by atoms with Gasteiger partial charge in [0.25, 0.3) is 0 Å². The van der Waals surface area contributed by atoms with Crippen LogP contribution < -0.4 is 10.1 Å². The van der Waals surface area contributed by atoms with Crippen LogP contribution in [0.4, 0.5) is 14.9 Å². The summed E-state index contributed by atoms with van der Waals surface area (Å²) in [6.45, 7) is 0.964. The number of carbonyl (C=O) groups is 1. The Kier molecular flexibility index (Phi) is 4.24. The Morgan fingerprint density at radius 1 is 1.32 bits per heavy atom. The van der Waals surface area contributed by atoms with Crippen LogP contribution in [0.3, 0.4) is 0 Å². The fourth-order valence-corrected chi connectivity index (χ4v) is 2.38. The fourth-order valence-electron chi connectivity index (χ4n) is 2.03. The average Bonchev–Trinajstić information content (AvgIpc) is 2.46. The highest BCUT2D eigenvalue weighted by atomic mass is 79.9. The molecule has 5 nitrogen and oxygen atoms in total. The van der Waals surface area contributed by atoms with Crippen molar-refractivity contribution in [3.63, 3.8) is 0 Å². The summed E-state index contributed by atoms with van der Waals surface area (Å²) in [4.78, 5) is 17.7. The maximum atomic E-state index is 12.8. The van der Waals surface area contributed by atoms with Crippen LogP contribution in [-0.4, -0.2) is 35.1 Å². The monoisotopic (exact) mass is 365 g/mol. The highest BCUT2D eigenvalue weighted by Crippen LogP contribution is 2.24. The quantitative estimate of drug-likeness (QED) is 0.907. The Labute approximate surface area is 135 Å². The molecule has 0 spiro atoms. The van der Waals surface area contributed by atoms with Crippen LogP contribution in [0.1, 0.15) is 0 Å². The number of halogens is 2. The smallest absolute Gasteiger partial charge is 0.322 e. The zero-order chi connectivity index (χ0) is 15.5. The average molecular weight is 366 g/mol. The van der Waals surface area contributed by atoms with E-state index < -0.39 is 0 Å². The van der Waals surface area contributed by atoms with E-state index in [0.717, 1.165) is 4.47 Å². The number of pyridine rings is 1. The molecule has 0 radical (unpaired) electrons. The van der Waals surface area contributed by atoms with E-state index in [2.05, 4.69) is 26.2 Å². The Bertz CT molecular complexity index is 675. The number of nitrogens with zero attached hydrogens (tertiary/aromatic N) is 2. The van der Waals surface area contributed by atoms with Crippen LogP contribution in [0, 0.1) is 5.82 Å². The van der Waals surface area contributed by atoms with Gasteiger partial charge < -0.3 is 15.0 Å². The lowest BCUT2D eigenvalue weighted by Gasteiger charge is -2.38. The SMILES string of the molecule is O=C(Nc1ccc(F)cc1)N1CC(Oc2ncccc2Br)C1. The molecule has 0 bridgehead atoms. The van der Waals surface area contributed by atoms with Crippen molar-refractivity contribution in [1.82, 2.24) is 9.88 Å². The summed E-state index contributed by atoms with van der Waals surface area (Å²) in [6, 6.07) is 9.07. The molecule has 1 aliphatic heterocycles. The molecule has 0 saturated carbocycles. The third-order valence-corrected chi connectivity index (χ3v) is 3.84. The lowest BCUT2D eigenvalue weighted by atomic mass is 10.2. The summed E-state index contributed by atoms with van der Waals surface area (Å²) in [5.41, 5.74) is 0.559. The Morgan fingerprint density at radius 3 is 2.73 bits per heavy atom. The summed E-state index contributed by atoms with van der Waals surface area (Å²) in [5.74, 6) is 0.183. The minimum absolute atomic E-state index is 0.0785. The molecule has 7 heteroatoms. The normalized spacial score (nSPS) is 14.4. The van der Waals surface area contributed by atoms with Crippen molar-refractivity contribution in [2.75, 3.05) is 18.4 Å². The highest BCUT2D eigenvalue weighted by Gasteiger charge is 2.33. The van der Waals surface area contributed by atoms with Crippen molar-refractivity contribution < 1.29 is 13.9 Å². The number of carbonyl (C=O) groups excluding carboxylic acids is 1. The largest absolute Gasteiger partial charge is 0.470 e. The molecule has 2 aromatic rings. The zero-order valence-electron chi connectivity index (χ0n) is 11.5. The zero-order valence-corrected chi connectivity index (χ0v) is 13.1. The second-order valence-corrected chi connectivity index (χ2v) is 5.73. The van der Waals surface area contributed by atoms with Crippen LogP contribution in [0.2, 0.25) is 0 Å². The van der Waals surface area contributed by atoms with Gasteiger partial charge in [0, 0.05) is 11.9 Å². The van der Waals surface area contributed by atoms with Gasteiger partial charge in [-0.25, -0.2) is 14.2 Å². The van der Waals surface area contributed by atoms with E-state index in [1.165, 1.54) is 24.3 Å². The second kappa shape index (κ2) is 6.31. The lowest BCUT2D eigenvalue weighted by molar-refractivity contribution is 0.0455. The third-order valence-electron chi connectivity index (χ3n) is 3.23. The van der Waals surface area contributed by atoms with Crippen LogP contribution in [0.5, 0.6) is 5.88 Å². The molecule has 22 heavy (non-hydrogen) atoms. The molecule has 3 rings (SSSR count). The lowest BCUT2D eigenvalue weighted by Crippen LogP contribution is -2.57. The van der Waals surface area contributed by atoms with Gasteiger partial charge >= 0.3 is 6.03 Å². The highest BCUT2D eigenvalue weighted by molar-refractivity contribution is 9.10. The number of rotatable bonds is 3. The van der Waals surface area contributed by atoms with Gasteiger partial charge in [-0.1, -0.05) is 0 Å². The molecule has 0 atom stereocenters. The predicted molar refractivity (Wildman–Crippen MR) is 83.3 cm³/mol. The van der Waals surface area contributed by atoms with Crippen molar-refractivity contribution in [3.05, 3.63) is 52.9 Å². The second-order valence-electron chi connectivity index (χ2n) is 4.87. The van der Waals surface area contributed by atoms with Gasteiger partial charge in [-0.05, 0) is 52.3 Å². The van der Waals surface area contributed by atoms with Gasteiger partial charge in [0.15, 0.2) is 0 Å². The molecule has 1 aromatic carbocycles. The van der Waals surface area contributed by atoms with E-state index in [-0.39, 0.29) is 18.0 Å². The van der Waals surface area contributed by atoms with Crippen LogP contribution in [0.25, 0.3) is 0 Å². The molecule has 1 N–H and O–H groups in total. The molecule has 2 amide bonds. The van der Waals surface area contributed by atoms with Gasteiger partial charge in [-0.2, -0.15) is 0 Å². The maximum absolute atomic E-state index is 12.8. The predicted octanol–water partition coefficient (Wildman–Crippen LogP) is 3.28. The minimum atomic E-state index is -0.337. The first kappa shape index (κ1) is 14.8. The molecule has 114 valence electrons. The Balaban J connectivity index is 1.49. The minimum Gasteiger partial charge on any atom is -0.470 e. The third kappa shape index (κ3) is 3.36. The van der Waals surface area contributed by atoms with E-state index in [1.807, 2.05) is 6.07 Å². The van der Waals surface area contributed by atoms with Crippen molar-refractivity contribution in [2.45, 2.75) is 6.10 Å². The number of ether oxygens (including phenoxy) is 1. The van der Waals surface area contributed by atoms with E-state index >= 15 is 0 Å². The summed E-state index contributed by atoms with van der Waals surface area (Å²) >= 11 is 3.36. The molecule has 2 heterocycles. The fraction of sp³-hybridized carbons (Fsp3) is 0.200. The first-order valence-electron chi connectivity index (χ1n) is 6.70. The van der Waals surface area contributed by atoms with Gasteiger partial charge in [0.05, 0.1) is 17.6 Å². The number of anilines is 1.